The third-order valence-electron chi connectivity index (χ3n) is 3.89. The van der Waals surface area contributed by atoms with Crippen LogP contribution in [0.3, 0.4) is 0 Å². The van der Waals surface area contributed by atoms with Crippen molar-refractivity contribution in [2.24, 2.45) is 0 Å². The largest absolute Gasteiger partial charge is 0.497 e. The summed E-state index contributed by atoms with van der Waals surface area (Å²) in [7, 11) is 1.62. The summed E-state index contributed by atoms with van der Waals surface area (Å²) >= 11 is 0. The summed E-state index contributed by atoms with van der Waals surface area (Å²) in [5.41, 5.74) is 0. The molecule has 0 spiro atoms. The van der Waals surface area contributed by atoms with E-state index in [4.69, 9.17) is 18.3 Å². The highest BCUT2D eigenvalue weighted by Gasteiger charge is 2.16. The lowest BCUT2D eigenvalue weighted by atomic mass is 10.3. The summed E-state index contributed by atoms with van der Waals surface area (Å²) in [5.74, 6) is 3.12. The highest BCUT2D eigenvalue weighted by atomic mass is 16.5. The number of aliphatic hydroxyl groups is 1. The average Bonchev–Trinajstić information content (AvgIpc) is 3.34. The second-order valence-electron chi connectivity index (χ2n) is 5.97. The minimum Gasteiger partial charge on any atom is -0.497 e. The number of rotatable bonds is 10. The first-order valence-electron chi connectivity index (χ1n) is 8.45. The Hall–Kier alpha value is -2.70. The fourth-order valence-corrected chi connectivity index (χ4v) is 2.65. The number of aliphatic hydroxyl groups excluding tert-OH is 1. The summed E-state index contributed by atoms with van der Waals surface area (Å²) in [4.78, 5) is 2.06. The summed E-state index contributed by atoms with van der Waals surface area (Å²) < 4.78 is 21.6. The number of hydrogen-bond acceptors (Lipinski definition) is 6. The maximum Gasteiger partial charge on any atom is 0.119 e. The van der Waals surface area contributed by atoms with Crippen molar-refractivity contribution in [3.05, 3.63) is 72.6 Å². The smallest absolute Gasteiger partial charge is 0.119 e. The molecule has 0 radical (unpaired) electrons. The number of nitrogens with zero attached hydrogens (tertiary/aromatic N) is 1. The second kappa shape index (κ2) is 9.12. The SMILES string of the molecule is COc1ccc(OCC(O)CN(Cc2ccco2)Cc2ccco2)cc1. The van der Waals surface area contributed by atoms with Gasteiger partial charge in [0.15, 0.2) is 0 Å². The molecule has 138 valence electrons. The zero-order valence-electron chi connectivity index (χ0n) is 14.7. The molecule has 0 fully saturated rings. The van der Waals surface area contributed by atoms with Crippen LogP contribution in [0.2, 0.25) is 0 Å². The van der Waals surface area contributed by atoms with Crippen LogP contribution in [0, 0.1) is 0 Å². The Morgan fingerprint density at radius 2 is 1.50 bits per heavy atom. The fourth-order valence-electron chi connectivity index (χ4n) is 2.65. The van der Waals surface area contributed by atoms with Gasteiger partial charge in [0.1, 0.15) is 35.7 Å². The van der Waals surface area contributed by atoms with Gasteiger partial charge in [-0.1, -0.05) is 0 Å². The highest BCUT2D eigenvalue weighted by Crippen LogP contribution is 2.17. The van der Waals surface area contributed by atoms with E-state index in [0.717, 1.165) is 17.3 Å². The van der Waals surface area contributed by atoms with E-state index in [0.29, 0.717) is 25.4 Å². The maximum atomic E-state index is 10.4. The molecule has 0 saturated carbocycles. The normalized spacial score (nSPS) is 12.3. The number of hydrogen-bond donors (Lipinski definition) is 1. The Bertz CT molecular complexity index is 701. The first kappa shape index (κ1) is 18.1. The Morgan fingerprint density at radius 3 is 2.00 bits per heavy atom. The Morgan fingerprint density at radius 1 is 0.923 bits per heavy atom. The number of methoxy groups -OCH3 is 1. The zero-order chi connectivity index (χ0) is 18.2. The number of benzene rings is 1. The van der Waals surface area contributed by atoms with Gasteiger partial charge in [0.2, 0.25) is 0 Å². The van der Waals surface area contributed by atoms with Crippen LogP contribution in [0.4, 0.5) is 0 Å². The predicted molar refractivity (Wildman–Crippen MR) is 96.0 cm³/mol. The van der Waals surface area contributed by atoms with E-state index in [2.05, 4.69) is 4.90 Å². The van der Waals surface area contributed by atoms with Gasteiger partial charge in [0.25, 0.3) is 0 Å². The van der Waals surface area contributed by atoms with Crippen LogP contribution in [-0.2, 0) is 13.1 Å². The first-order valence-corrected chi connectivity index (χ1v) is 8.45. The quantitative estimate of drug-likeness (QED) is 0.600. The lowest BCUT2D eigenvalue weighted by molar-refractivity contribution is 0.0580. The van der Waals surface area contributed by atoms with Crippen LogP contribution in [0.25, 0.3) is 0 Å². The van der Waals surface area contributed by atoms with E-state index < -0.39 is 6.10 Å². The van der Waals surface area contributed by atoms with Crippen LogP contribution in [0.1, 0.15) is 11.5 Å². The van der Waals surface area contributed by atoms with E-state index in [1.165, 1.54) is 0 Å². The molecule has 1 aromatic carbocycles. The third kappa shape index (κ3) is 5.40. The average molecular weight is 357 g/mol. The molecule has 0 aliphatic heterocycles. The standard InChI is InChI=1S/C20H23NO5/c1-23-17-6-8-18(9-7-17)26-15-16(22)12-21(13-19-4-2-10-24-19)14-20-5-3-11-25-20/h2-11,16,22H,12-15H2,1H3. The minimum absolute atomic E-state index is 0.194. The molecule has 0 aliphatic carbocycles. The molecule has 0 amide bonds. The Labute approximate surface area is 152 Å². The van der Waals surface area contributed by atoms with Gasteiger partial charge in [-0.05, 0) is 48.5 Å². The third-order valence-corrected chi connectivity index (χ3v) is 3.89. The summed E-state index contributed by atoms with van der Waals surface area (Å²) in [5, 5.41) is 10.4. The van der Waals surface area contributed by atoms with Crippen molar-refractivity contribution in [2.75, 3.05) is 20.3 Å². The van der Waals surface area contributed by atoms with Gasteiger partial charge in [-0.3, -0.25) is 4.90 Å². The molecule has 2 heterocycles. The molecule has 0 saturated heterocycles. The molecule has 1 N–H and O–H groups in total. The van der Waals surface area contributed by atoms with Gasteiger partial charge in [0.05, 0.1) is 32.7 Å². The minimum atomic E-state index is -0.651. The van der Waals surface area contributed by atoms with Crippen molar-refractivity contribution in [1.82, 2.24) is 4.90 Å². The van der Waals surface area contributed by atoms with E-state index >= 15 is 0 Å². The van der Waals surface area contributed by atoms with Crippen LogP contribution in [-0.4, -0.2) is 36.4 Å². The molecule has 2 aromatic heterocycles. The van der Waals surface area contributed by atoms with Gasteiger partial charge >= 0.3 is 0 Å². The summed E-state index contributed by atoms with van der Waals surface area (Å²) in [6.45, 7) is 1.78. The number of ether oxygens (including phenoxy) is 2. The van der Waals surface area contributed by atoms with Crippen molar-refractivity contribution in [3.8, 4) is 11.5 Å². The monoisotopic (exact) mass is 357 g/mol. The van der Waals surface area contributed by atoms with Crippen LogP contribution in [0.5, 0.6) is 11.5 Å². The Kier molecular flexibility index (Phi) is 6.35. The molecule has 0 aliphatic rings. The van der Waals surface area contributed by atoms with Gasteiger partial charge in [-0.15, -0.1) is 0 Å². The lowest BCUT2D eigenvalue weighted by Crippen LogP contribution is -2.34. The van der Waals surface area contributed by atoms with Crippen LogP contribution in [0.15, 0.2) is 69.9 Å². The Balaban J connectivity index is 1.54. The van der Waals surface area contributed by atoms with Crippen molar-refractivity contribution >= 4 is 0 Å². The van der Waals surface area contributed by atoms with Crippen LogP contribution >= 0.6 is 0 Å². The van der Waals surface area contributed by atoms with E-state index in [-0.39, 0.29) is 6.61 Å². The van der Waals surface area contributed by atoms with Crippen molar-refractivity contribution in [1.29, 1.82) is 0 Å². The van der Waals surface area contributed by atoms with Crippen molar-refractivity contribution < 1.29 is 23.4 Å². The molecule has 0 bridgehead atoms. The summed E-state index contributed by atoms with van der Waals surface area (Å²) in [6, 6.07) is 14.8. The van der Waals surface area contributed by atoms with Crippen molar-refractivity contribution in [3.63, 3.8) is 0 Å². The molecular weight excluding hydrogens is 334 g/mol. The molecule has 1 unspecified atom stereocenters. The second-order valence-corrected chi connectivity index (χ2v) is 5.97. The highest BCUT2D eigenvalue weighted by molar-refractivity contribution is 5.31. The first-order chi connectivity index (χ1) is 12.7. The lowest BCUT2D eigenvalue weighted by Gasteiger charge is -2.23. The van der Waals surface area contributed by atoms with Gasteiger partial charge in [-0.2, -0.15) is 0 Å². The maximum absolute atomic E-state index is 10.4. The summed E-state index contributed by atoms with van der Waals surface area (Å²) in [6.07, 6.45) is 2.63. The molecule has 3 aromatic rings. The molecular formula is C20H23NO5. The van der Waals surface area contributed by atoms with Gasteiger partial charge < -0.3 is 23.4 Å². The molecule has 6 nitrogen and oxygen atoms in total. The molecule has 6 heteroatoms. The van der Waals surface area contributed by atoms with Gasteiger partial charge in [-0.25, -0.2) is 0 Å². The van der Waals surface area contributed by atoms with Gasteiger partial charge in [0, 0.05) is 6.54 Å². The van der Waals surface area contributed by atoms with Crippen LogP contribution < -0.4 is 9.47 Å². The molecule has 3 rings (SSSR count). The topological polar surface area (TPSA) is 68.2 Å². The van der Waals surface area contributed by atoms with E-state index in [1.807, 2.05) is 48.5 Å². The van der Waals surface area contributed by atoms with E-state index in [9.17, 15) is 5.11 Å². The predicted octanol–water partition coefficient (Wildman–Crippen LogP) is 3.32. The van der Waals surface area contributed by atoms with E-state index in [1.54, 1.807) is 19.6 Å². The fraction of sp³-hybridized carbons (Fsp3) is 0.300. The number of furan rings is 2. The zero-order valence-corrected chi connectivity index (χ0v) is 14.7. The molecule has 26 heavy (non-hydrogen) atoms. The van der Waals surface area contributed by atoms with Crippen molar-refractivity contribution in [2.45, 2.75) is 19.2 Å². The molecule has 1 atom stereocenters.